The second kappa shape index (κ2) is 32.2. The molecule has 4 nitrogen and oxygen atoms in total. The van der Waals surface area contributed by atoms with Gasteiger partial charge in [-0.3, -0.25) is 0 Å². The van der Waals surface area contributed by atoms with E-state index in [9.17, 15) is 0 Å². The van der Waals surface area contributed by atoms with Gasteiger partial charge in [0.05, 0.1) is 44.0 Å². The fourth-order valence-corrected chi connectivity index (χ4v) is 21.7. The summed E-state index contributed by atoms with van der Waals surface area (Å²) in [6.45, 7) is 14.4. The Labute approximate surface area is 723 Å². The lowest BCUT2D eigenvalue weighted by Crippen LogP contribution is -2.37. The Morgan fingerprint density at radius 3 is 1.18 bits per heavy atom. The van der Waals surface area contributed by atoms with E-state index >= 15 is 0 Å². The molecule has 1 aromatic heterocycles. The van der Waals surface area contributed by atoms with Gasteiger partial charge in [-0.05, 0) is 229 Å². The lowest BCUT2D eigenvalue weighted by atomic mass is 9.67. The van der Waals surface area contributed by atoms with Crippen LogP contribution >= 0.6 is 11.8 Å². The van der Waals surface area contributed by atoms with Crippen molar-refractivity contribution in [2.75, 3.05) is 14.7 Å². The first-order valence-corrected chi connectivity index (χ1v) is 50.2. The van der Waals surface area contributed by atoms with Crippen LogP contribution in [0.1, 0.15) is 22.3 Å². The van der Waals surface area contributed by atoms with Crippen molar-refractivity contribution in [3.8, 4) is 72.4 Å². The smallest absolute Gasteiger partial charge is 0.0776 e. The molecule has 0 unspecified atom stereocenters. The molecule has 0 saturated heterocycles. The summed E-state index contributed by atoms with van der Waals surface area (Å²) in [7, 11) is -2.83. The van der Waals surface area contributed by atoms with Crippen LogP contribution in [0.4, 0.5) is 51.2 Å². The molecule has 0 saturated carbocycles. The quantitative estimate of drug-likeness (QED) is 0.0844. The molecule has 7 heteroatoms. The van der Waals surface area contributed by atoms with Crippen LogP contribution < -0.4 is 25.1 Å². The van der Waals surface area contributed by atoms with Crippen LogP contribution in [0.3, 0.4) is 0 Å². The number of benzene rings is 18. The Balaban J connectivity index is 0.000000159. The summed E-state index contributed by atoms with van der Waals surface area (Å²) < 4.78 is 2.37. The van der Waals surface area contributed by atoms with E-state index in [4.69, 9.17) is 0 Å². The third-order valence-corrected chi connectivity index (χ3v) is 29.7. The van der Waals surface area contributed by atoms with E-state index in [0.717, 1.165) is 39.8 Å². The molecule has 21 rings (SSSR count). The van der Waals surface area contributed by atoms with Crippen molar-refractivity contribution in [3.63, 3.8) is 0 Å². The SMILES string of the molecule is C[Si](C)(C)c1ccc(-c2ccc(N(c3ccc(-c4ccc5c(c4)Sc4ccccc4N5c4ccccc4)cc3)c3ccc4c(c3)C(c3ccccc3)(c3ccccc3)c3ccccc3-4)cc2)cc1.C[Si](C)(C)c1cccc(-c2ccc(N(c3ccc(-c4ccccc4)cc3)c3ccc(-c4ccc5c(c4)c4ccccc4n5-c4ccccc4)cc3)cc2)c1. The van der Waals surface area contributed by atoms with Gasteiger partial charge in [-0.1, -0.05) is 371 Å². The number of rotatable bonds is 17. The van der Waals surface area contributed by atoms with E-state index in [1.165, 1.54) is 148 Å². The van der Waals surface area contributed by atoms with Gasteiger partial charge in [0.25, 0.3) is 0 Å². The molecule has 0 fully saturated rings. The largest absolute Gasteiger partial charge is 0.311 e. The first-order valence-electron chi connectivity index (χ1n) is 42.3. The average Bonchev–Trinajstić information content (AvgIpc) is 1.53. The molecule has 1 aliphatic heterocycles. The third-order valence-electron chi connectivity index (χ3n) is 24.5. The van der Waals surface area contributed by atoms with E-state index in [1.807, 2.05) is 11.8 Å². The van der Waals surface area contributed by atoms with Crippen LogP contribution in [0.2, 0.25) is 39.3 Å². The molecule has 0 radical (unpaired) electrons. The molecule has 0 amide bonds. The fourth-order valence-electron chi connectivity index (χ4n) is 18.2. The van der Waals surface area contributed by atoms with Crippen LogP contribution in [-0.2, 0) is 5.41 Å². The zero-order valence-corrected chi connectivity index (χ0v) is 72.2. The highest BCUT2D eigenvalue weighted by Crippen LogP contribution is 2.58. The molecule has 0 atom stereocenters. The second-order valence-electron chi connectivity index (χ2n) is 34.0. The lowest BCUT2D eigenvalue weighted by molar-refractivity contribution is 0.768. The van der Waals surface area contributed by atoms with Crippen molar-refractivity contribution in [1.29, 1.82) is 0 Å². The summed E-state index contributed by atoms with van der Waals surface area (Å²) in [5, 5.41) is 5.47. The molecule has 1 aliphatic carbocycles. The van der Waals surface area contributed by atoms with Crippen molar-refractivity contribution < 1.29 is 0 Å². The molecule has 0 bridgehead atoms. The summed E-state index contributed by atoms with van der Waals surface area (Å²) in [4.78, 5) is 9.67. The second-order valence-corrected chi connectivity index (χ2v) is 45.3. The fraction of sp³-hybridized carbons (Fsp3) is 0.0609. The van der Waals surface area contributed by atoms with Gasteiger partial charge >= 0.3 is 0 Å². The highest BCUT2D eigenvalue weighted by molar-refractivity contribution is 7.99. The first-order chi connectivity index (χ1) is 59.7. The van der Waals surface area contributed by atoms with E-state index in [2.05, 4.69) is 507 Å². The summed E-state index contributed by atoms with van der Waals surface area (Å²) in [6, 6.07) is 165. The number of hydrogen-bond donors (Lipinski definition) is 0. The summed E-state index contributed by atoms with van der Waals surface area (Å²) in [5.41, 5.74) is 33.1. The minimum Gasteiger partial charge on any atom is -0.311 e. The van der Waals surface area contributed by atoms with Crippen LogP contribution in [0, 0.1) is 0 Å². The predicted molar refractivity (Wildman–Crippen MR) is 526 cm³/mol. The Morgan fingerprint density at radius 2 is 0.623 bits per heavy atom. The molecule has 0 N–H and O–H groups in total. The van der Waals surface area contributed by atoms with Gasteiger partial charge in [-0.15, -0.1) is 0 Å². The number of fused-ring (bicyclic) bond motifs is 8. The number of anilines is 9. The Kier molecular flexibility index (Phi) is 20.2. The van der Waals surface area contributed by atoms with Crippen LogP contribution in [0.5, 0.6) is 0 Å². The first kappa shape index (κ1) is 76.6. The Bertz CT molecular complexity index is 6950. The van der Waals surface area contributed by atoms with Crippen LogP contribution in [-0.4, -0.2) is 20.7 Å². The van der Waals surface area contributed by atoms with Gasteiger partial charge in [0.15, 0.2) is 0 Å². The minimum atomic E-state index is -1.42. The molecule has 0 spiro atoms. The van der Waals surface area contributed by atoms with E-state index in [0.29, 0.717) is 0 Å². The highest BCUT2D eigenvalue weighted by atomic mass is 32.2. The number of hydrogen-bond acceptors (Lipinski definition) is 4. The number of aromatic nitrogens is 1. The molecule has 2 heterocycles. The van der Waals surface area contributed by atoms with E-state index < -0.39 is 21.6 Å². The van der Waals surface area contributed by atoms with E-state index in [1.54, 1.807) is 0 Å². The standard InChI is InChI=1S/C64H50N2SSi.C51H42N2Si/c1-68(2,3)55-39-31-46(32-40-55)45-27-34-52(35-28-45)65(54-38-41-57-56-23-13-14-24-58(56)64(59(57)44-54,49-17-7-4-8-18-49)50-19-9-5-10-20-50)53-36-29-47(30-37-53)48-33-42-61-63(43-48)67-62-26-16-15-25-60(62)66(61)51-21-11-6-12-22-51;1-54(2,3)47-18-12-15-41(35-47)39-23-30-45(31-24-39)52(44-28-21-38(22-29-44)37-13-6-4-7-14-37)46-32-25-40(26-33-46)42-27-34-51-49(36-42)48-19-10-11-20-50(48)53(51)43-16-8-5-9-17-43/h4-44H,1-3H3;4-36H,1-3H3. The maximum atomic E-state index is 2.46. The molecular weight excluding hydrogens is 1530 g/mol. The summed E-state index contributed by atoms with van der Waals surface area (Å²) in [5.74, 6) is 0. The topological polar surface area (TPSA) is 14.7 Å². The van der Waals surface area contributed by atoms with Crippen molar-refractivity contribution >= 4 is 111 Å². The average molecular weight is 1620 g/mol. The van der Waals surface area contributed by atoms with Crippen molar-refractivity contribution in [2.24, 2.45) is 0 Å². The monoisotopic (exact) mass is 1620 g/mol. The zero-order valence-electron chi connectivity index (χ0n) is 69.4. The van der Waals surface area contributed by atoms with Crippen LogP contribution in [0.25, 0.3) is 94.3 Å². The molecule has 2 aliphatic rings. The van der Waals surface area contributed by atoms with Crippen molar-refractivity contribution in [1.82, 2.24) is 4.57 Å². The van der Waals surface area contributed by atoms with Crippen molar-refractivity contribution in [2.45, 2.75) is 54.5 Å². The van der Waals surface area contributed by atoms with Crippen LogP contribution in [0.15, 0.2) is 459 Å². The molecule has 19 aromatic rings. The lowest BCUT2D eigenvalue weighted by Gasteiger charge is -2.35. The van der Waals surface area contributed by atoms with Gasteiger partial charge < -0.3 is 19.3 Å². The minimum absolute atomic E-state index is 0.507. The normalized spacial score (nSPS) is 12.5. The zero-order chi connectivity index (χ0) is 82.5. The predicted octanol–water partition coefficient (Wildman–Crippen LogP) is 31.1. The molecule has 18 aromatic carbocycles. The van der Waals surface area contributed by atoms with Gasteiger partial charge in [0.2, 0.25) is 0 Å². The van der Waals surface area contributed by atoms with Gasteiger partial charge in [0, 0.05) is 66.1 Å². The summed E-state index contributed by atoms with van der Waals surface area (Å²) >= 11 is 1.85. The van der Waals surface area contributed by atoms with Gasteiger partial charge in [-0.2, -0.15) is 0 Å². The van der Waals surface area contributed by atoms with Crippen molar-refractivity contribution in [3.05, 3.63) is 471 Å². The third kappa shape index (κ3) is 14.5. The Hall–Kier alpha value is -14.1. The Morgan fingerprint density at radius 1 is 0.238 bits per heavy atom. The molecular formula is C115H92N4SSi2. The molecule has 122 heavy (non-hydrogen) atoms. The number of para-hydroxylation sites is 4. The van der Waals surface area contributed by atoms with E-state index in [-0.39, 0.29) is 0 Å². The number of nitrogens with zero attached hydrogens (tertiary/aromatic N) is 4. The van der Waals surface area contributed by atoms with Gasteiger partial charge in [0.1, 0.15) is 0 Å². The van der Waals surface area contributed by atoms with Gasteiger partial charge in [-0.25, -0.2) is 0 Å². The maximum absolute atomic E-state index is 2.46. The summed E-state index contributed by atoms with van der Waals surface area (Å²) in [6.07, 6.45) is 0. The maximum Gasteiger partial charge on any atom is 0.0776 e. The highest BCUT2D eigenvalue weighted by Gasteiger charge is 2.46. The molecule has 586 valence electrons.